The van der Waals surface area contributed by atoms with Gasteiger partial charge in [0, 0.05) is 28.8 Å². The molecule has 0 bridgehead atoms. The highest BCUT2D eigenvalue weighted by molar-refractivity contribution is 6.02. The third-order valence-corrected chi connectivity index (χ3v) is 6.28. The largest absolute Gasteiger partial charge is 0.379 e. The molecule has 3 aromatic heterocycles. The van der Waals surface area contributed by atoms with Crippen molar-refractivity contribution >= 4 is 17.1 Å². The maximum Gasteiger partial charge on any atom is 0.252 e. The van der Waals surface area contributed by atoms with Crippen LogP contribution in [0, 0.1) is 5.41 Å². The Morgan fingerprint density at radius 3 is 2.68 bits per heavy atom. The minimum atomic E-state index is -0.538. The van der Waals surface area contributed by atoms with E-state index in [0.29, 0.717) is 17.1 Å². The number of hydrogen-bond acceptors (Lipinski definition) is 7. The van der Waals surface area contributed by atoms with Crippen LogP contribution in [0.5, 0.6) is 0 Å². The van der Waals surface area contributed by atoms with Gasteiger partial charge >= 0.3 is 0 Å². The molecule has 3 aromatic rings. The summed E-state index contributed by atoms with van der Waals surface area (Å²) in [7, 11) is 1.70. The number of nitrogens with two attached hydrogens (primary N) is 2. The van der Waals surface area contributed by atoms with Crippen LogP contribution in [0.2, 0.25) is 0 Å². The number of aromatic nitrogens is 6. The molecule has 5 N–H and O–H groups in total. The number of amides is 1. The number of rotatable bonds is 4. The average Bonchev–Trinajstić information content (AvgIpc) is 3.27. The Labute approximate surface area is 162 Å². The zero-order valence-electron chi connectivity index (χ0n) is 16.5. The number of primary amides is 1. The second-order valence-electron chi connectivity index (χ2n) is 8.33. The van der Waals surface area contributed by atoms with Gasteiger partial charge in [0.15, 0.2) is 0 Å². The Morgan fingerprint density at radius 1 is 1.36 bits per heavy atom. The van der Waals surface area contributed by atoms with Gasteiger partial charge in [-0.3, -0.25) is 4.79 Å². The average molecular weight is 383 g/mol. The summed E-state index contributed by atoms with van der Waals surface area (Å²) in [4.78, 5) is 13.5. The molecule has 0 unspecified atom stereocenters. The lowest BCUT2D eigenvalue weighted by atomic mass is 9.75. The first-order valence-corrected chi connectivity index (χ1v) is 9.21. The molecule has 10 heteroatoms. The number of tetrazole rings is 1. The maximum absolute atomic E-state index is 12.1. The first kappa shape index (κ1) is 18.4. The topological polar surface area (TPSA) is 142 Å². The normalized spacial score (nSPS) is 24.0. The molecule has 2 atom stereocenters. The zero-order valence-corrected chi connectivity index (χ0v) is 16.5. The summed E-state index contributed by atoms with van der Waals surface area (Å²) in [5.74, 6) is -0.0560. The molecule has 0 saturated heterocycles. The highest BCUT2D eigenvalue weighted by atomic mass is 16.1. The van der Waals surface area contributed by atoms with Gasteiger partial charge in [-0.05, 0) is 31.0 Å². The summed E-state index contributed by atoms with van der Waals surface area (Å²) in [6, 6.07) is 1.96. The fraction of sp³-hybridized carbons (Fsp3) is 0.500. The molecule has 1 fully saturated rings. The van der Waals surface area contributed by atoms with E-state index in [-0.39, 0.29) is 17.0 Å². The van der Waals surface area contributed by atoms with E-state index in [1.165, 1.54) is 11.0 Å². The van der Waals surface area contributed by atoms with Crippen LogP contribution in [0.3, 0.4) is 0 Å². The molecule has 1 amide bonds. The molecule has 1 aliphatic rings. The number of nitrogens with one attached hydrogen (secondary N) is 1. The van der Waals surface area contributed by atoms with Crippen LogP contribution in [0.4, 0.5) is 5.69 Å². The molecule has 0 aromatic carbocycles. The lowest BCUT2D eigenvalue weighted by molar-refractivity contribution is 0.100. The number of carbonyl (C=O) groups is 1. The van der Waals surface area contributed by atoms with Crippen LogP contribution in [-0.4, -0.2) is 47.3 Å². The monoisotopic (exact) mass is 383 g/mol. The van der Waals surface area contributed by atoms with Gasteiger partial charge in [0.1, 0.15) is 0 Å². The van der Waals surface area contributed by atoms with Crippen molar-refractivity contribution in [1.29, 1.82) is 0 Å². The van der Waals surface area contributed by atoms with Crippen molar-refractivity contribution in [3.8, 4) is 11.4 Å². The molecule has 4 rings (SSSR count). The van der Waals surface area contributed by atoms with Crippen LogP contribution < -0.4 is 16.8 Å². The summed E-state index contributed by atoms with van der Waals surface area (Å²) in [6.07, 6.45) is 5.07. The van der Waals surface area contributed by atoms with Gasteiger partial charge in [0.2, 0.25) is 5.82 Å². The van der Waals surface area contributed by atoms with E-state index in [1.807, 2.05) is 6.07 Å². The smallest absolute Gasteiger partial charge is 0.252 e. The van der Waals surface area contributed by atoms with Gasteiger partial charge in [0.25, 0.3) is 5.91 Å². The molecule has 148 valence electrons. The molecule has 3 heterocycles. The lowest BCUT2D eigenvalue weighted by Gasteiger charge is -2.39. The lowest BCUT2D eigenvalue weighted by Crippen LogP contribution is -2.51. The van der Waals surface area contributed by atoms with E-state index >= 15 is 0 Å². The second kappa shape index (κ2) is 5.99. The van der Waals surface area contributed by atoms with E-state index in [9.17, 15) is 4.79 Å². The molecule has 0 aliphatic heterocycles. The number of carbonyl (C=O) groups excluding carboxylic acids is 1. The molecule has 28 heavy (non-hydrogen) atoms. The Hall–Kier alpha value is -3.01. The van der Waals surface area contributed by atoms with Crippen molar-refractivity contribution in [3.05, 3.63) is 24.0 Å². The fourth-order valence-electron chi connectivity index (χ4n) is 3.87. The van der Waals surface area contributed by atoms with Crippen molar-refractivity contribution in [1.82, 2.24) is 29.8 Å². The standard InChI is InChI=1S/C18H25N9O/c1-17(2)13(5-6-18(17,3)20)22-14-11(15(19)28)8-21-27-9-10(7-12(14)27)16-23-25-26(4)24-16/h7-9,13,22H,5-6,20H2,1-4H3,(H2,19,28)/t13-,18+/m1/s1. The summed E-state index contributed by atoms with van der Waals surface area (Å²) < 4.78 is 1.68. The van der Waals surface area contributed by atoms with Gasteiger partial charge in [0.05, 0.1) is 30.0 Å². The zero-order chi connectivity index (χ0) is 20.3. The molecule has 10 nitrogen and oxygen atoms in total. The molecule has 0 radical (unpaired) electrons. The molecule has 1 saturated carbocycles. The third kappa shape index (κ3) is 2.71. The van der Waals surface area contributed by atoms with Crippen molar-refractivity contribution in [2.75, 3.05) is 5.32 Å². The fourth-order valence-corrected chi connectivity index (χ4v) is 3.87. The first-order chi connectivity index (χ1) is 13.1. The highest BCUT2D eigenvalue weighted by Crippen LogP contribution is 2.46. The minimum Gasteiger partial charge on any atom is -0.379 e. The Bertz CT molecular complexity index is 1060. The predicted molar refractivity (Wildman–Crippen MR) is 105 cm³/mol. The van der Waals surface area contributed by atoms with Crippen molar-refractivity contribution < 1.29 is 4.79 Å². The Balaban J connectivity index is 1.82. The van der Waals surface area contributed by atoms with E-state index in [1.54, 1.807) is 17.8 Å². The summed E-state index contributed by atoms with van der Waals surface area (Å²) in [5, 5.41) is 20.0. The third-order valence-electron chi connectivity index (χ3n) is 6.28. The van der Waals surface area contributed by atoms with E-state index in [2.05, 4.69) is 46.6 Å². The quantitative estimate of drug-likeness (QED) is 0.608. The van der Waals surface area contributed by atoms with E-state index < -0.39 is 5.91 Å². The predicted octanol–water partition coefficient (Wildman–Crippen LogP) is 0.942. The van der Waals surface area contributed by atoms with Gasteiger partial charge in [-0.1, -0.05) is 13.8 Å². The van der Waals surface area contributed by atoms with Crippen LogP contribution in [0.1, 0.15) is 44.0 Å². The molecular weight excluding hydrogens is 358 g/mol. The summed E-state index contributed by atoms with van der Waals surface area (Å²) >= 11 is 0. The minimum absolute atomic E-state index is 0.0831. The van der Waals surface area contributed by atoms with Gasteiger partial charge in [-0.15, -0.1) is 10.2 Å². The van der Waals surface area contributed by atoms with Gasteiger partial charge in [-0.25, -0.2) is 4.52 Å². The highest BCUT2D eigenvalue weighted by Gasteiger charge is 2.49. The first-order valence-electron chi connectivity index (χ1n) is 9.21. The Morgan fingerprint density at radius 2 is 2.11 bits per heavy atom. The maximum atomic E-state index is 12.1. The van der Waals surface area contributed by atoms with Gasteiger partial charge < -0.3 is 16.8 Å². The van der Waals surface area contributed by atoms with Crippen LogP contribution in [-0.2, 0) is 7.05 Å². The SMILES string of the molecule is Cn1nnc(-c2cc3c(N[C@@H]4CC[C@](C)(N)C4(C)C)c(C(N)=O)cnn3c2)n1. The molecular formula is C18H25N9O. The van der Waals surface area contributed by atoms with Crippen molar-refractivity contribution in [2.24, 2.45) is 23.9 Å². The van der Waals surface area contributed by atoms with Gasteiger partial charge in [-0.2, -0.15) is 9.90 Å². The number of anilines is 1. The number of fused-ring (bicyclic) bond motifs is 1. The number of hydrogen-bond donors (Lipinski definition) is 3. The molecule has 0 spiro atoms. The molecule has 1 aliphatic carbocycles. The van der Waals surface area contributed by atoms with Crippen LogP contribution in [0.25, 0.3) is 16.9 Å². The van der Waals surface area contributed by atoms with Crippen LogP contribution >= 0.6 is 0 Å². The van der Waals surface area contributed by atoms with Crippen LogP contribution in [0.15, 0.2) is 18.5 Å². The van der Waals surface area contributed by atoms with E-state index in [0.717, 1.165) is 23.9 Å². The van der Waals surface area contributed by atoms with Crippen molar-refractivity contribution in [3.63, 3.8) is 0 Å². The van der Waals surface area contributed by atoms with E-state index in [4.69, 9.17) is 11.5 Å². The summed E-state index contributed by atoms with van der Waals surface area (Å²) in [5.41, 5.74) is 14.1. The summed E-state index contributed by atoms with van der Waals surface area (Å²) in [6.45, 7) is 6.36. The number of nitrogens with zero attached hydrogens (tertiary/aromatic N) is 6. The van der Waals surface area contributed by atoms with Crippen molar-refractivity contribution in [2.45, 2.75) is 45.2 Å². The number of aryl methyl sites for hydroxylation is 1. The second-order valence-corrected chi connectivity index (χ2v) is 8.33. The Kier molecular flexibility index (Phi) is 3.93.